The number of aryl methyl sites for hydroxylation is 2. The lowest BCUT2D eigenvalue weighted by Gasteiger charge is -2.07. The Balaban J connectivity index is 1.84. The summed E-state index contributed by atoms with van der Waals surface area (Å²) in [6.45, 7) is 3.59. The number of aromatic nitrogens is 3. The zero-order valence-electron chi connectivity index (χ0n) is 14.7. The van der Waals surface area contributed by atoms with Crippen LogP contribution in [-0.4, -0.2) is 39.7 Å². The quantitative estimate of drug-likeness (QED) is 0.288. The van der Waals surface area contributed by atoms with Crippen LogP contribution in [-0.2, 0) is 9.53 Å². The number of pyridine rings is 1. The molecule has 0 bridgehead atoms. The number of halogens is 1. The van der Waals surface area contributed by atoms with Crippen LogP contribution in [0.4, 0.5) is 5.69 Å². The van der Waals surface area contributed by atoms with Gasteiger partial charge in [-0.05, 0) is 31.5 Å². The highest BCUT2D eigenvalue weighted by Crippen LogP contribution is 2.36. The van der Waals surface area contributed by atoms with E-state index in [1.807, 2.05) is 6.92 Å². The molecule has 0 atom stereocenters. The largest absolute Gasteiger partial charge is 0.465 e. The Kier molecular flexibility index (Phi) is 5.93. The van der Waals surface area contributed by atoms with E-state index in [0.29, 0.717) is 26.2 Å². The van der Waals surface area contributed by atoms with E-state index in [1.165, 1.54) is 30.2 Å². The lowest BCUT2D eigenvalue weighted by atomic mass is 10.2. The van der Waals surface area contributed by atoms with Gasteiger partial charge in [-0.25, -0.2) is 19.7 Å². The number of rotatable bonds is 5. The Bertz CT molecular complexity index is 1040. The fourth-order valence-corrected chi connectivity index (χ4v) is 4.70. The first-order valence-corrected chi connectivity index (χ1v) is 9.98. The minimum absolute atomic E-state index is 0.125. The molecule has 3 aromatic heterocycles. The number of thioether (sulfide) groups is 1. The molecule has 0 aromatic carbocycles. The summed E-state index contributed by atoms with van der Waals surface area (Å²) in [4.78, 5) is 38.2. The third kappa shape index (κ3) is 4.20. The number of methoxy groups -OCH3 is 1. The van der Waals surface area contributed by atoms with Gasteiger partial charge in [-0.15, -0.1) is 11.3 Å². The van der Waals surface area contributed by atoms with Crippen molar-refractivity contribution >= 4 is 62.5 Å². The molecule has 0 aliphatic rings. The molecule has 1 N–H and O–H groups in total. The molecule has 27 heavy (non-hydrogen) atoms. The number of anilines is 1. The van der Waals surface area contributed by atoms with E-state index in [-0.39, 0.29) is 16.8 Å². The maximum absolute atomic E-state index is 12.3. The van der Waals surface area contributed by atoms with E-state index < -0.39 is 5.97 Å². The number of nitrogens with one attached hydrogen (secondary N) is 1. The topological polar surface area (TPSA) is 94.1 Å². The van der Waals surface area contributed by atoms with E-state index in [1.54, 1.807) is 25.3 Å². The summed E-state index contributed by atoms with van der Waals surface area (Å²) in [6, 6.07) is 3.37. The standard InChI is InChI=1S/C17H15ClN4O3S2/c1-8-12-15(20-9(2)21-16(12)27-13(8)17(24)25-3)26-7-11(23)22-10-5-4-6-19-14(10)18/h4-6H,7H2,1-3H3,(H,22,23). The van der Waals surface area contributed by atoms with Gasteiger partial charge in [-0.1, -0.05) is 23.4 Å². The highest BCUT2D eigenvalue weighted by molar-refractivity contribution is 8.00. The predicted molar refractivity (Wildman–Crippen MR) is 107 cm³/mol. The average molecular weight is 423 g/mol. The third-order valence-electron chi connectivity index (χ3n) is 3.61. The van der Waals surface area contributed by atoms with Crippen molar-refractivity contribution in [3.8, 4) is 0 Å². The minimum atomic E-state index is -0.409. The molecule has 0 fully saturated rings. The lowest BCUT2D eigenvalue weighted by Crippen LogP contribution is -2.14. The van der Waals surface area contributed by atoms with E-state index in [4.69, 9.17) is 16.3 Å². The zero-order chi connectivity index (χ0) is 19.6. The first-order valence-electron chi connectivity index (χ1n) is 7.80. The van der Waals surface area contributed by atoms with Gasteiger partial charge in [-0.2, -0.15) is 0 Å². The highest BCUT2D eigenvalue weighted by Gasteiger charge is 2.21. The molecule has 0 radical (unpaired) electrons. The summed E-state index contributed by atoms with van der Waals surface area (Å²) in [5.41, 5.74) is 1.20. The van der Waals surface area contributed by atoms with Gasteiger partial charge in [0.05, 0.1) is 18.6 Å². The first-order chi connectivity index (χ1) is 12.9. The number of thiophene rings is 1. The number of amides is 1. The second kappa shape index (κ2) is 8.20. The van der Waals surface area contributed by atoms with Gasteiger partial charge in [0, 0.05) is 11.6 Å². The molecular weight excluding hydrogens is 408 g/mol. The van der Waals surface area contributed by atoms with Crippen molar-refractivity contribution in [2.24, 2.45) is 0 Å². The molecule has 7 nitrogen and oxygen atoms in total. The van der Waals surface area contributed by atoms with Crippen molar-refractivity contribution in [2.45, 2.75) is 18.9 Å². The SMILES string of the molecule is COC(=O)c1sc2nc(C)nc(SCC(=O)Nc3cccnc3Cl)c2c1C. The molecule has 0 saturated carbocycles. The molecule has 3 rings (SSSR count). The Hall–Kier alpha value is -2.23. The van der Waals surface area contributed by atoms with Gasteiger partial charge in [0.15, 0.2) is 5.15 Å². The Morgan fingerprint density at radius 2 is 2.11 bits per heavy atom. The lowest BCUT2D eigenvalue weighted by molar-refractivity contribution is -0.113. The monoisotopic (exact) mass is 422 g/mol. The van der Waals surface area contributed by atoms with Gasteiger partial charge >= 0.3 is 5.97 Å². The van der Waals surface area contributed by atoms with Crippen LogP contribution in [0.3, 0.4) is 0 Å². The third-order valence-corrected chi connectivity index (χ3v) is 6.06. The van der Waals surface area contributed by atoms with Crippen molar-refractivity contribution in [3.63, 3.8) is 0 Å². The summed E-state index contributed by atoms with van der Waals surface area (Å²) in [6.07, 6.45) is 1.55. The van der Waals surface area contributed by atoms with Gasteiger partial charge in [0.2, 0.25) is 5.91 Å². The number of hydrogen-bond acceptors (Lipinski definition) is 8. The fraction of sp³-hybridized carbons (Fsp3) is 0.235. The van der Waals surface area contributed by atoms with Crippen molar-refractivity contribution < 1.29 is 14.3 Å². The molecule has 0 aliphatic heterocycles. The molecule has 0 saturated heterocycles. The van der Waals surface area contributed by atoms with Crippen LogP contribution in [0.25, 0.3) is 10.2 Å². The second-order valence-electron chi connectivity index (χ2n) is 5.48. The van der Waals surface area contributed by atoms with E-state index in [0.717, 1.165) is 10.9 Å². The maximum Gasteiger partial charge on any atom is 0.348 e. The van der Waals surface area contributed by atoms with E-state index in [9.17, 15) is 9.59 Å². The van der Waals surface area contributed by atoms with Crippen molar-refractivity contribution in [1.29, 1.82) is 0 Å². The molecule has 140 valence electrons. The van der Waals surface area contributed by atoms with Crippen LogP contribution in [0.2, 0.25) is 5.15 Å². The molecule has 0 spiro atoms. The Morgan fingerprint density at radius 1 is 1.33 bits per heavy atom. The molecule has 3 heterocycles. The smallest absolute Gasteiger partial charge is 0.348 e. The number of nitrogens with zero attached hydrogens (tertiary/aromatic N) is 3. The van der Waals surface area contributed by atoms with Gasteiger partial charge < -0.3 is 10.1 Å². The Labute approximate surface area is 168 Å². The van der Waals surface area contributed by atoms with Gasteiger partial charge in [0.1, 0.15) is 20.6 Å². The molecule has 0 unspecified atom stereocenters. The van der Waals surface area contributed by atoms with Crippen LogP contribution in [0.15, 0.2) is 23.4 Å². The highest BCUT2D eigenvalue weighted by atomic mass is 35.5. The molecule has 0 aliphatic carbocycles. The minimum Gasteiger partial charge on any atom is -0.465 e. The molecule has 1 amide bonds. The number of esters is 1. The zero-order valence-corrected chi connectivity index (χ0v) is 17.1. The average Bonchev–Trinajstić information content (AvgIpc) is 2.97. The number of hydrogen-bond donors (Lipinski definition) is 1. The summed E-state index contributed by atoms with van der Waals surface area (Å²) in [5.74, 6) is 0.0476. The summed E-state index contributed by atoms with van der Waals surface area (Å²) in [7, 11) is 1.34. The number of ether oxygens (including phenoxy) is 1. The van der Waals surface area contributed by atoms with Crippen LogP contribution >= 0.6 is 34.7 Å². The first kappa shape index (κ1) is 19.5. The number of carbonyl (C=O) groups excluding carboxylic acids is 2. The maximum atomic E-state index is 12.3. The molecule has 3 aromatic rings. The number of carbonyl (C=O) groups is 2. The van der Waals surface area contributed by atoms with E-state index in [2.05, 4.69) is 20.3 Å². The van der Waals surface area contributed by atoms with Gasteiger partial charge in [0.25, 0.3) is 0 Å². The van der Waals surface area contributed by atoms with Crippen LogP contribution in [0.1, 0.15) is 21.1 Å². The van der Waals surface area contributed by atoms with E-state index >= 15 is 0 Å². The Morgan fingerprint density at radius 3 is 2.81 bits per heavy atom. The molecule has 10 heteroatoms. The van der Waals surface area contributed by atoms with Crippen molar-refractivity contribution in [3.05, 3.63) is 39.7 Å². The fourth-order valence-electron chi connectivity index (χ4n) is 2.39. The van der Waals surface area contributed by atoms with Crippen LogP contribution in [0, 0.1) is 13.8 Å². The van der Waals surface area contributed by atoms with Gasteiger partial charge in [-0.3, -0.25) is 4.79 Å². The summed E-state index contributed by atoms with van der Waals surface area (Å²) in [5, 5.41) is 4.36. The van der Waals surface area contributed by atoms with Crippen molar-refractivity contribution in [2.75, 3.05) is 18.2 Å². The van der Waals surface area contributed by atoms with Crippen LogP contribution < -0.4 is 5.32 Å². The number of fused-ring (bicyclic) bond motifs is 1. The second-order valence-corrected chi connectivity index (χ2v) is 7.80. The predicted octanol–water partition coefficient (Wildman–Crippen LogP) is 3.87. The van der Waals surface area contributed by atoms with Crippen LogP contribution in [0.5, 0.6) is 0 Å². The molecular formula is C17H15ClN4O3S2. The summed E-state index contributed by atoms with van der Waals surface area (Å²) >= 11 is 8.49. The summed E-state index contributed by atoms with van der Waals surface area (Å²) < 4.78 is 4.83. The van der Waals surface area contributed by atoms with Crippen molar-refractivity contribution in [1.82, 2.24) is 15.0 Å². The normalized spacial score (nSPS) is 10.8.